The minimum atomic E-state index is -0.640. The molecule has 1 aromatic carbocycles. The van der Waals surface area contributed by atoms with E-state index in [0.29, 0.717) is 31.7 Å². The first-order valence-electron chi connectivity index (χ1n) is 6.67. The van der Waals surface area contributed by atoms with Crippen molar-refractivity contribution < 1.29 is 14.6 Å². The summed E-state index contributed by atoms with van der Waals surface area (Å²) in [6.45, 7) is 1.49. The molecule has 1 aromatic rings. The molecular formula is C13H17N3O5. The van der Waals surface area contributed by atoms with Crippen LogP contribution in [0, 0.1) is 25.6 Å². The summed E-state index contributed by atoms with van der Waals surface area (Å²) >= 11 is 0. The zero-order chi connectivity index (χ0) is 15.5. The van der Waals surface area contributed by atoms with Crippen LogP contribution in [-0.4, -0.2) is 29.6 Å². The average molecular weight is 295 g/mol. The maximum Gasteiger partial charge on any atom is 0.279 e. The Morgan fingerprint density at radius 1 is 1.29 bits per heavy atom. The Morgan fingerprint density at radius 2 is 2.05 bits per heavy atom. The molecule has 0 aliphatic carbocycles. The lowest BCUT2D eigenvalue weighted by Crippen LogP contribution is -2.40. The number of nitrogens with zero attached hydrogens (tertiary/aromatic N) is 2. The zero-order valence-electron chi connectivity index (χ0n) is 11.5. The summed E-state index contributed by atoms with van der Waals surface area (Å²) in [5.74, 6) is 0. The minimum absolute atomic E-state index is 0.234. The van der Waals surface area contributed by atoms with Crippen molar-refractivity contribution in [1.29, 1.82) is 0 Å². The molecular weight excluding hydrogens is 278 g/mol. The molecule has 1 atom stereocenters. The maximum absolute atomic E-state index is 11.2. The molecule has 0 spiro atoms. The summed E-state index contributed by atoms with van der Waals surface area (Å²) in [6, 6.07) is 3.74. The summed E-state index contributed by atoms with van der Waals surface area (Å²) in [5.41, 5.74) is 5.44. The molecule has 21 heavy (non-hydrogen) atoms. The van der Waals surface area contributed by atoms with Gasteiger partial charge in [0.15, 0.2) is 0 Å². The van der Waals surface area contributed by atoms with E-state index >= 15 is 0 Å². The third-order valence-electron chi connectivity index (χ3n) is 3.88. The number of hydrogen-bond donors (Lipinski definition) is 1. The molecule has 1 heterocycles. The summed E-state index contributed by atoms with van der Waals surface area (Å²) in [6.07, 6.45) is 2.08. The number of non-ortho nitro benzene ring substituents is 1. The summed E-state index contributed by atoms with van der Waals surface area (Å²) in [4.78, 5) is 20.7. The van der Waals surface area contributed by atoms with E-state index in [2.05, 4.69) is 0 Å². The lowest BCUT2D eigenvalue weighted by Gasteiger charge is -2.35. The number of hydrogen-bond acceptors (Lipinski definition) is 6. The lowest BCUT2D eigenvalue weighted by atomic mass is 9.77. The first-order valence-corrected chi connectivity index (χ1v) is 6.67. The van der Waals surface area contributed by atoms with E-state index in [0.717, 1.165) is 18.9 Å². The van der Waals surface area contributed by atoms with Gasteiger partial charge in [0.1, 0.15) is 0 Å². The molecule has 8 heteroatoms. The standard InChI is InChI=1S/C13H17N3O5/c14-8-13(4-1-5-21-9-13)7-10-2-3-11(15(17)18)6-12(10)16(19)20/h2-3,6H,1,4-5,7-9,14H2. The van der Waals surface area contributed by atoms with Crippen LogP contribution in [0.15, 0.2) is 18.2 Å². The highest BCUT2D eigenvalue weighted by Crippen LogP contribution is 2.35. The molecule has 0 amide bonds. The summed E-state index contributed by atoms with van der Waals surface area (Å²) < 4.78 is 5.45. The van der Waals surface area contributed by atoms with Crippen LogP contribution in [0.3, 0.4) is 0 Å². The van der Waals surface area contributed by atoms with Crippen molar-refractivity contribution in [2.24, 2.45) is 11.1 Å². The Morgan fingerprint density at radius 3 is 2.57 bits per heavy atom. The number of nitrogens with two attached hydrogens (primary N) is 1. The van der Waals surface area contributed by atoms with Crippen molar-refractivity contribution in [3.63, 3.8) is 0 Å². The molecule has 0 bridgehead atoms. The van der Waals surface area contributed by atoms with E-state index in [1.165, 1.54) is 12.1 Å². The van der Waals surface area contributed by atoms with Crippen molar-refractivity contribution in [3.05, 3.63) is 44.0 Å². The Kier molecular flexibility index (Phi) is 4.49. The van der Waals surface area contributed by atoms with E-state index < -0.39 is 9.85 Å². The molecule has 8 nitrogen and oxygen atoms in total. The summed E-state index contributed by atoms with van der Waals surface area (Å²) in [5, 5.41) is 21.9. The minimum Gasteiger partial charge on any atom is -0.381 e. The van der Waals surface area contributed by atoms with Crippen molar-refractivity contribution in [3.8, 4) is 0 Å². The second-order valence-electron chi connectivity index (χ2n) is 5.36. The Hall–Kier alpha value is -2.06. The number of nitro groups is 2. The Bertz CT molecular complexity index is 555. The molecule has 114 valence electrons. The van der Waals surface area contributed by atoms with Crippen molar-refractivity contribution in [2.75, 3.05) is 19.8 Å². The molecule has 1 unspecified atom stereocenters. The normalized spacial score (nSPS) is 22.0. The van der Waals surface area contributed by atoms with Gasteiger partial charge in [-0.25, -0.2) is 0 Å². The summed E-state index contributed by atoms with van der Waals surface area (Å²) in [7, 11) is 0. The van der Waals surface area contributed by atoms with E-state index in [9.17, 15) is 20.2 Å². The van der Waals surface area contributed by atoms with Gasteiger partial charge in [0.25, 0.3) is 11.4 Å². The van der Waals surface area contributed by atoms with Gasteiger partial charge in [-0.3, -0.25) is 20.2 Å². The smallest absolute Gasteiger partial charge is 0.279 e. The number of ether oxygens (including phenoxy) is 1. The fraction of sp³-hybridized carbons (Fsp3) is 0.538. The molecule has 0 aromatic heterocycles. The number of benzene rings is 1. The number of nitro benzene ring substituents is 2. The maximum atomic E-state index is 11.2. The topological polar surface area (TPSA) is 122 Å². The predicted molar refractivity (Wildman–Crippen MR) is 75.0 cm³/mol. The van der Waals surface area contributed by atoms with Gasteiger partial charge in [-0.15, -0.1) is 0 Å². The Balaban J connectivity index is 2.34. The molecule has 2 N–H and O–H groups in total. The largest absolute Gasteiger partial charge is 0.381 e. The molecule has 1 aliphatic heterocycles. The highest BCUT2D eigenvalue weighted by molar-refractivity contribution is 5.49. The molecule has 1 aliphatic rings. The van der Waals surface area contributed by atoms with Gasteiger partial charge in [-0.05, 0) is 25.3 Å². The van der Waals surface area contributed by atoms with Gasteiger partial charge >= 0.3 is 0 Å². The van der Waals surface area contributed by atoms with Crippen LogP contribution in [0.4, 0.5) is 11.4 Å². The lowest BCUT2D eigenvalue weighted by molar-refractivity contribution is -0.394. The monoisotopic (exact) mass is 295 g/mol. The fourth-order valence-corrected chi connectivity index (χ4v) is 2.67. The first-order chi connectivity index (χ1) is 9.97. The second-order valence-corrected chi connectivity index (χ2v) is 5.36. The van der Waals surface area contributed by atoms with E-state index in [1.54, 1.807) is 0 Å². The molecule has 1 saturated heterocycles. The number of rotatable bonds is 5. The van der Waals surface area contributed by atoms with Gasteiger partial charge in [0.05, 0.1) is 22.5 Å². The van der Waals surface area contributed by atoms with E-state index in [1.807, 2.05) is 0 Å². The van der Waals surface area contributed by atoms with Gasteiger partial charge in [0.2, 0.25) is 0 Å². The van der Waals surface area contributed by atoms with Gasteiger partial charge < -0.3 is 10.5 Å². The molecule has 0 radical (unpaired) electrons. The quantitative estimate of drug-likeness (QED) is 0.653. The Labute approximate surface area is 121 Å². The highest BCUT2D eigenvalue weighted by atomic mass is 16.6. The first kappa shape index (κ1) is 15.3. The van der Waals surface area contributed by atoms with Crippen LogP contribution in [-0.2, 0) is 11.2 Å². The SMILES string of the molecule is NCC1(Cc2ccc([N+](=O)[O-])cc2[N+](=O)[O-])CCCOC1. The van der Waals surface area contributed by atoms with Crippen molar-refractivity contribution in [1.82, 2.24) is 0 Å². The van der Waals surface area contributed by atoms with Crippen molar-refractivity contribution in [2.45, 2.75) is 19.3 Å². The highest BCUT2D eigenvalue weighted by Gasteiger charge is 2.34. The fourth-order valence-electron chi connectivity index (χ4n) is 2.67. The van der Waals surface area contributed by atoms with Crippen molar-refractivity contribution >= 4 is 11.4 Å². The van der Waals surface area contributed by atoms with Gasteiger partial charge in [-0.2, -0.15) is 0 Å². The molecule has 1 fully saturated rings. The van der Waals surface area contributed by atoms with Gasteiger partial charge in [-0.1, -0.05) is 0 Å². The van der Waals surface area contributed by atoms with Gasteiger partial charge in [0, 0.05) is 30.2 Å². The predicted octanol–water partition coefficient (Wildman–Crippen LogP) is 1.80. The van der Waals surface area contributed by atoms with Crippen LogP contribution in [0.25, 0.3) is 0 Å². The van der Waals surface area contributed by atoms with Crippen LogP contribution < -0.4 is 5.73 Å². The van der Waals surface area contributed by atoms with Crippen LogP contribution in [0.5, 0.6) is 0 Å². The van der Waals surface area contributed by atoms with E-state index in [-0.39, 0.29) is 16.8 Å². The second kappa shape index (κ2) is 6.15. The third kappa shape index (κ3) is 3.34. The third-order valence-corrected chi connectivity index (χ3v) is 3.88. The zero-order valence-corrected chi connectivity index (χ0v) is 11.5. The van der Waals surface area contributed by atoms with Crippen LogP contribution in [0.2, 0.25) is 0 Å². The molecule has 0 saturated carbocycles. The molecule has 2 rings (SSSR count). The van der Waals surface area contributed by atoms with Crippen LogP contribution in [0.1, 0.15) is 18.4 Å². The van der Waals surface area contributed by atoms with Crippen LogP contribution >= 0.6 is 0 Å². The average Bonchev–Trinajstić information content (AvgIpc) is 2.48. The van der Waals surface area contributed by atoms with E-state index in [4.69, 9.17) is 10.5 Å².